The number of anilines is 1. The standard InChI is InChI=1S/C17H15F2NO5/c1-23-11-4-6-15(24-2)12(8-11)17(22)25-9-16(21)20-14-5-3-10(18)7-13(14)19/h3-8H,9H2,1-2H3,(H,20,21). The fraction of sp³-hybridized carbons (Fsp3) is 0.176. The van der Waals surface area contributed by atoms with Crippen molar-refractivity contribution in [2.45, 2.75) is 0 Å². The van der Waals surface area contributed by atoms with Gasteiger partial charge in [0.2, 0.25) is 0 Å². The topological polar surface area (TPSA) is 73.9 Å². The quantitative estimate of drug-likeness (QED) is 0.810. The summed E-state index contributed by atoms with van der Waals surface area (Å²) >= 11 is 0. The third-order valence-corrected chi connectivity index (χ3v) is 3.17. The van der Waals surface area contributed by atoms with Gasteiger partial charge in [-0.15, -0.1) is 0 Å². The molecule has 25 heavy (non-hydrogen) atoms. The van der Waals surface area contributed by atoms with Crippen molar-refractivity contribution in [3.63, 3.8) is 0 Å². The van der Waals surface area contributed by atoms with Crippen LogP contribution in [0.5, 0.6) is 11.5 Å². The molecule has 0 fully saturated rings. The van der Waals surface area contributed by atoms with E-state index in [9.17, 15) is 18.4 Å². The molecule has 0 aliphatic heterocycles. The highest BCUT2D eigenvalue weighted by Crippen LogP contribution is 2.24. The van der Waals surface area contributed by atoms with Gasteiger partial charge in [-0.05, 0) is 30.3 Å². The minimum Gasteiger partial charge on any atom is -0.497 e. The first-order chi connectivity index (χ1) is 11.9. The molecule has 0 aliphatic carbocycles. The van der Waals surface area contributed by atoms with E-state index in [4.69, 9.17) is 14.2 Å². The number of hydrogen-bond donors (Lipinski definition) is 1. The molecule has 8 heteroatoms. The van der Waals surface area contributed by atoms with Crippen LogP contribution in [-0.2, 0) is 9.53 Å². The van der Waals surface area contributed by atoms with Crippen molar-refractivity contribution in [3.8, 4) is 11.5 Å². The molecule has 2 aromatic carbocycles. The summed E-state index contributed by atoms with van der Waals surface area (Å²) in [5, 5.41) is 2.18. The molecule has 0 atom stereocenters. The number of methoxy groups -OCH3 is 2. The average Bonchev–Trinajstić information content (AvgIpc) is 2.61. The summed E-state index contributed by atoms with van der Waals surface area (Å²) in [7, 11) is 2.81. The number of halogens is 2. The predicted octanol–water partition coefficient (Wildman–Crippen LogP) is 2.78. The van der Waals surface area contributed by atoms with E-state index in [-0.39, 0.29) is 17.0 Å². The summed E-state index contributed by atoms with van der Waals surface area (Å²) in [6, 6.07) is 7.20. The van der Waals surface area contributed by atoms with Crippen molar-refractivity contribution in [2.24, 2.45) is 0 Å². The van der Waals surface area contributed by atoms with Crippen molar-refractivity contribution < 1.29 is 32.6 Å². The number of benzene rings is 2. The number of nitrogens with one attached hydrogen (secondary N) is 1. The molecule has 132 valence electrons. The molecule has 0 heterocycles. The van der Waals surface area contributed by atoms with Gasteiger partial charge in [-0.2, -0.15) is 0 Å². The van der Waals surface area contributed by atoms with E-state index in [1.54, 1.807) is 6.07 Å². The Labute approximate surface area is 142 Å². The number of carbonyl (C=O) groups is 2. The largest absolute Gasteiger partial charge is 0.497 e. The van der Waals surface area contributed by atoms with Crippen LogP contribution in [0.2, 0.25) is 0 Å². The highest BCUT2D eigenvalue weighted by molar-refractivity contribution is 5.97. The van der Waals surface area contributed by atoms with E-state index < -0.39 is 30.1 Å². The van der Waals surface area contributed by atoms with Crippen LogP contribution in [0.1, 0.15) is 10.4 Å². The van der Waals surface area contributed by atoms with Crippen LogP contribution in [0.4, 0.5) is 14.5 Å². The maximum absolute atomic E-state index is 13.5. The number of ether oxygens (including phenoxy) is 3. The fourth-order valence-electron chi connectivity index (χ4n) is 1.96. The fourth-order valence-corrected chi connectivity index (χ4v) is 1.96. The Balaban J connectivity index is 2.00. The Morgan fingerprint density at radius 1 is 1.04 bits per heavy atom. The van der Waals surface area contributed by atoms with Crippen molar-refractivity contribution in [1.29, 1.82) is 0 Å². The van der Waals surface area contributed by atoms with E-state index in [2.05, 4.69) is 5.32 Å². The molecule has 0 saturated heterocycles. The first-order valence-electron chi connectivity index (χ1n) is 7.08. The van der Waals surface area contributed by atoms with Crippen molar-refractivity contribution in [2.75, 3.05) is 26.1 Å². The maximum Gasteiger partial charge on any atom is 0.342 e. The molecule has 6 nitrogen and oxygen atoms in total. The Bertz CT molecular complexity index is 795. The Kier molecular flexibility index (Phi) is 5.89. The summed E-state index contributed by atoms with van der Waals surface area (Å²) in [6.45, 7) is -0.657. The number of esters is 1. The summed E-state index contributed by atoms with van der Waals surface area (Å²) < 4.78 is 41.2. The Morgan fingerprint density at radius 2 is 1.80 bits per heavy atom. The molecule has 2 rings (SSSR count). The van der Waals surface area contributed by atoms with E-state index >= 15 is 0 Å². The van der Waals surface area contributed by atoms with E-state index in [0.717, 1.165) is 12.1 Å². The number of amides is 1. The van der Waals surface area contributed by atoms with Crippen molar-refractivity contribution >= 4 is 17.6 Å². The minimum absolute atomic E-state index is 0.0719. The van der Waals surface area contributed by atoms with Crippen LogP contribution in [-0.4, -0.2) is 32.7 Å². The van der Waals surface area contributed by atoms with Crippen LogP contribution in [0.3, 0.4) is 0 Å². The second-order valence-corrected chi connectivity index (χ2v) is 4.81. The average molecular weight is 351 g/mol. The first kappa shape index (κ1) is 18.2. The lowest BCUT2D eigenvalue weighted by Gasteiger charge is -2.11. The van der Waals surface area contributed by atoms with Crippen molar-refractivity contribution in [3.05, 3.63) is 53.6 Å². The van der Waals surface area contributed by atoms with Crippen LogP contribution in [0.15, 0.2) is 36.4 Å². The van der Waals surface area contributed by atoms with E-state index in [1.165, 1.54) is 26.4 Å². The van der Waals surface area contributed by atoms with Gasteiger partial charge in [0, 0.05) is 6.07 Å². The SMILES string of the molecule is COc1ccc(OC)c(C(=O)OCC(=O)Nc2ccc(F)cc2F)c1. The van der Waals surface area contributed by atoms with Crippen LogP contribution < -0.4 is 14.8 Å². The zero-order chi connectivity index (χ0) is 18.4. The third-order valence-electron chi connectivity index (χ3n) is 3.17. The molecular weight excluding hydrogens is 336 g/mol. The molecule has 0 spiro atoms. The molecule has 1 N–H and O–H groups in total. The van der Waals surface area contributed by atoms with Gasteiger partial charge >= 0.3 is 5.97 Å². The van der Waals surface area contributed by atoms with E-state index in [1.807, 2.05) is 0 Å². The van der Waals surface area contributed by atoms with E-state index in [0.29, 0.717) is 11.8 Å². The molecule has 0 aliphatic rings. The van der Waals surface area contributed by atoms with Crippen molar-refractivity contribution in [1.82, 2.24) is 0 Å². The first-order valence-corrected chi connectivity index (χ1v) is 7.08. The third kappa shape index (κ3) is 4.66. The molecule has 0 unspecified atom stereocenters. The Hall–Kier alpha value is -3.16. The van der Waals surface area contributed by atoms with Gasteiger partial charge in [-0.25, -0.2) is 13.6 Å². The Morgan fingerprint density at radius 3 is 2.44 bits per heavy atom. The molecule has 2 aromatic rings. The predicted molar refractivity (Wildman–Crippen MR) is 84.8 cm³/mol. The summed E-state index contributed by atoms with van der Waals surface area (Å²) in [4.78, 5) is 23.9. The molecule has 0 radical (unpaired) electrons. The molecule has 0 bridgehead atoms. The number of rotatable bonds is 6. The lowest BCUT2D eigenvalue weighted by atomic mass is 10.2. The zero-order valence-electron chi connectivity index (χ0n) is 13.5. The highest BCUT2D eigenvalue weighted by atomic mass is 19.1. The number of hydrogen-bond acceptors (Lipinski definition) is 5. The molecule has 0 saturated carbocycles. The summed E-state index contributed by atoms with van der Waals surface area (Å²) in [5.74, 6) is -2.64. The normalized spacial score (nSPS) is 10.1. The van der Waals surface area contributed by atoms with Gasteiger partial charge in [0.25, 0.3) is 5.91 Å². The van der Waals surface area contributed by atoms with Gasteiger partial charge < -0.3 is 19.5 Å². The summed E-state index contributed by atoms with van der Waals surface area (Å²) in [5.41, 5.74) is -0.149. The monoisotopic (exact) mass is 351 g/mol. The zero-order valence-corrected chi connectivity index (χ0v) is 13.5. The maximum atomic E-state index is 13.5. The van der Waals surface area contributed by atoms with Gasteiger partial charge in [-0.1, -0.05) is 0 Å². The molecule has 1 amide bonds. The highest BCUT2D eigenvalue weighted by Gasteiger charge is 2.17. The van der Waals surface area contributed by atoms with Gasteiger partial charge in [0.15, 0.2) is 6.61 Å². The van der Waals surface area contributed by atoms with Crippen LogP contribution >= 0.6 is 0 Å². The van der Waals surface area contributed by atoms with Gasteiger partial charge in [0.1, 0.15) is 28.7 Å². The smallest absolute Gasteiger partial charge is 0.342 e. The molecule has 0 aromatic heterocycles. The summed E-state index contributed by atoms with van der Waals surface area (Å²) in [6.07, 6.45) is 0. The van der Waals surface area contributed by atoms with Gasteiger partial charge in [0.05, 0.1) is 19.9 Å². The second kappa shape index (κ2) is 8.09. The van der Waals surface area contributed by atoms with Crippen LogP contribution in [0.25, 0.3) is 0 Å². The lowest BCUT2D eigenvalue weighted by Crippen LogP contribution is -2.21. The number of carbonyl (C=O) groups excluding carboxylic acids is 2. The van der Waals surface area contributed by atoms with Gasteiger partial charge in [-0.3, -0.25) is 4.79 Å². The molecular formula is C17H15F2NO5. The second-order valence-electron chi connectivity index (χ2n) is 4.81. The lowest BCUT2D eigenvalue weighted by molar-refractivity contribution is -0.119. The van der Waals surface area contributed by atoms with Crippen LogP contribution in [0, 0.1) is 11.6 Å². The minimum atomic E-state index is -0.936.